The predicted molar refractivity (Wildman–Crippen MR) is 133 cm³/mol. The lowest BCUT2D eigenvalue weighted by Gasteiger charge is -2.16. The molecule has 6 nitrogen and oxygen atoms in total. The molecule has 1 unspecified atom stereocenters. The quantitative estimate of drug-likeness (QED) is 0.395. The van der Waals surface area contributed by atoms with E-state index in [1.54, 1.807) is 12.1 Å². The van der Waals surface area contributed by atoms with Gasteiger partial charge < -0.3 is 10.4 Å². The second kappa shape index (κ2) is 10.2. The highest BCUT2D eigenvalue weighted by atomic mass is 79.9. The van der Waals surface area contributed by atoms with E-state index >= 15 is 0 Å². The number of urea groups is 1. The van der Waals surface area contributed by atoms with Crippen LogP contribution >= 0.6 is 27.5 Å². The van der Waals surface area contributed by atoms with Gasteiger partial charge in [0.2, 0.25) is 0 Å². The molecular weight excluding hydrogens is 506 g/mol. The van der Waals surface area contributed by atoms with Crippen molar-refractivity contribution in [3.63, 3.8) is 0 Å². The summed E-state index contributed by atoms with van der Waals surface area (Å²) in [5.74, 6) is -0.914. The number of carbonyl (C=O) groups is 2. The Hall–Kier alpha value is -3.16. The van der Waals surface area contributed by atoms with Crippen LogP contribution in [0.4, 0.5) is 10.5 Å². The number of halogens is 2. The lowest BCUT2D eigenvalue weighted by Crippen LogP contribution is -2.30. The molecule has 1 atom stereocenters. The second-order valence-corrected chi connectivity index (χ2v) is 9.10. The van der Waals surface area contributed by atoms with Crippen molar-refractivity contribution in [2.24, 2.45) is 11.0 Å². The number of hydrogen-bond donors (Lipinski definition) is 2. The van der Waals surface area contributed by atoms with E-state index in [9.17, 15) is 9.59 Å². The number of carbonyl (C=O) groups excluding carboxylic acids is 1. The maximum absolute atomic E-state index is 12.9. The van der Waals surface area contributed by atoms with Gasteiger partial charge in [-0.25, -0.2) is 14.6 Å². The highest BCUT2D eigenvalue weighted by molar-refractivity contribution is 9.10. The number of anilines is 1. The molecule has 0 bridgehead atoms. The number of benzene rings is 3. The highest BCUT2D eigenvalue weighted by Crippen LogP contribution is 2.26. The summed E-state index contributed by atoms with van der Waals surface area (Å²) < 4.78 is 0.932. The summed E-state index contributed by atoms with van der Waals surface area (Å²) in [5, 5.41) is 18.7. The van der Waals surface area contributed by atoms with Gasteiger partial charge in [0.15, 0.2) is 0 Å². The zero-order valence-corrected chi connectivity index (χ0v) is 19.9. The van der Waals surface area contributed by atoms with Gasteiger partial charge in [-0.2, -0.15) is 5.10 Å². The van der Waals surface area contributed by atoms with E-state index < -0.39 is 5.97 Å². The van der Waals surface area contributed by atoms with Crippen LogP contribution in [-0.4, -0.2) is 34.4 Å². The summed E-state index contributed by atoms with van der Waals surface area (Å²) in [4.78, 5) is 24.0. The van der Waals surface area contributed by atoms with Crippen molar-refractivity contribution in [1.82, 2.24) is 5.01 Å². The Morgan fingerprint density at radius 1 is 1.03 bits per heavy atom. The molecule has 1 aliphatic heterocycles. The molecule has 2 amide bonds. The molecule has 0 fully saturated rings. The van der Waals surface area contributed by atoms with E-state index in [1.807, 2.05) is 60.7 Å². The first kappa shape index (κ1) is 23.0. The van der Waals surface area contributed by atoms with Gasteiger partial charge >= 0.3 is 12.0 Å². The van der Waals surface area contributed by atoms with Gasteiger partial charge in [-0.3, -0.25) is 0 Å². The Morgan fingerprint density at radius 3 is 2.33 bits per heavy atom. The maximum atomic E-state index is 12.9. The second-order valence-electron chi connectivity index (χ2n) is 7.75. The van der Waals surface area contributed by atoms with Crippen LogP contribution in [0.5, 0.6) is 0 Å². The smallest absolute Gasteiger partial charge is 0.342 e. The fourth-order valence-electron chi connectivity index (χ4n) is 3.69. The highest BCUT2D eigenvalue weighted by Gasteiger charge is 2.31. The molecule has 0 saturated carbocycles. The van der Waals surface area contributed by atoms with Crippen molar-refractivity contribution in [3.05, 3.63) is 99.0 Å². The monoisotopic (exact) mass is 525 g/mol. The molecule has 0 radical (unpaired) electrons. The fraction of sp³-hybridized carbons (Fsp3) is 0.160. The molecule has 4 rings (SSSR count). The van der Waals surface area contributed by atoms with Crippen molar-refractivity contribution in [3.8, 4) is 0 Å². The summed E-state index contributed by atoms with van der Waals surface area (Å²) >= 11 is 9.44. The molecule has 2 N–H and O–H groups in total. The number of hydrogen-bond acceptors (Lipinski definition) is 3. The number of carboxylic acid groups (broad SMARTS) is 1. The first-order valence-corrected chi connectivity index (χ1v) is 11.6. The Kier molecular flexibility index (Phi) is 7.11. The maximum Gasteiger partial charge on any atom is 0.342 e. The van der Waals surface area contributed by atoms with Gasteiger partial charge in [0.25, 0.3) is 0 Å². The zero-order valence-electron chi connectivity index (χ0n) is 17.5. The molecule has 3 aromatic rings. The summed E-state index contributed by atoms with van der Waals surface area (Å²) in [6.45, 7) is 0.452. The number of aryl methyl sites for hydroxylation is 1. The Bertz CT molecular complexity index is 1180. The lowest BCUT2D eigenvalue weighted by atomic mass is 9.91. The van der Waals surface area contributed by atoms with E-state index in [1.165, 1.54) is 5.01 Å². The SMILES string of the molecule is O=C(O)c1ccc(CCC2CN(C(=O)Nc3ccc(Br)cc3)N=C2c2ccc(Cl)cc2)cc1. The molecule has 8 heteroatoms. The number of carboxylic acids is 1. The standard InChI is InChI=1S/C25H21BrClN3O3/c26-20-9-13-22(14-10-20)28-25(33)30-15-19(23(29-30)17-7-11-21(27)12-8-17)6-3-16-1-4-18(5-2-16)24(31)32/h1-2,4-5,7-14,19H,3,6,15H2,(H,28,33)(H,31,32). The van der Waals surface area contributed by atoms with Crippen LogP contribution in [0.2, 0.25) is 5.02 Å². The van der Waals surface area contributed by atoms with Gasteiger partial charge in [-0.05, 0) is 72.5 Å². The molecule has 1 heterocycles. The van der Waals surface area contributed by atoms with Crippen LogP contribution in [0, 0.1) is 5.92 Å². The molecular formula is C25H21BrClN3O3. The lowest BCUT2D eigenvalue weighted by molar-refractivity contribution is 0.0697. The summed E-state index contributed by atoms with van der Waals surface area (Å²) in [6, 6.07) is 21.4. The topological polar surface area (TPSA) is 82.0 Å². The van der Waals surface area contributed by atoms with Crippen molar-refractivity contribution < 1.29 is 14.7 Å². The van der Waals surface area contributed by atoms with E-state index in [-0.39, 0.29) is 17.5 Å². The van der Waals surface area contributed by atoms with Gasteiger partial charge in [0, 0.05) is 21.1 Å². The number of nitrogens with one attached hydrogen (secondary N) is 1. The molecule has 33 heavy (non-hydrogen) atoms. The van der Waals surface area contributed by atoms with Crippen molar-refractivity contribution in [1.29, 1.82) is 0 Å². The van der Waals surface area contributed by atoms with Crippen LogP contribution < -0.4 is 5.32 Å². The minimum Gasteiger partial charge on any atom is -0.478 e. The van der Waals surface area contributed by atoms with Crippen LogP contribution in [0.25, 0.3) is 0 Å². The number of amides is 2. The van der Waals surface area contributed by atoms with E-state index in [2.05, 4.69) is 26.3 Å². The average molecular weight is 527 g/mol. The molecule has 0 saturated heterocycles. The minimum atomic E-state index is -0.943. The van der Waals surface area contributed by atoms with Crippen LogP contribution in [0.1, 0.15) is 27.9 Å². The Balaban J connectivity index is 1.50. The van der Waals surface area contributed by atoms with Gasteiger partial charge in [0.1, 0.15) is 0 Å². The molecule has 0 spiro atoms. The van der Waals surface area contributed by atoms with E-state index in [4.69, 9.17) is 16.7 Å². The predicted octanol–water partition coefficient (Wildman–Crippen LogP) is 6.30. The number of rotatable bonds is 6. The minimum absolute atomic E-state index is 0.0287. The molecule has 0 aliphatic carbocycles. The molecule has 3 aromatic carbocycles. The third-order valence-corrected chi connectivity index (χ3v) is 6.24. The molecule has 168 valence electrons. The zero-order chi connectivity index (χ0) is 23.4. The normalized spacial score (nSPS) is 15.3. The van der Waals surface area contributed by atoms with E-state index in [0.717, 1.165) is 34.2 Å². The summed E-state index contributed by atoms with van der Waals surface area (Å²) in [7, 11) is 0. The number of nitrogens with zero attached hydrogens (tertiary/aromatic N) is 2. The van der Waals surface area contributed by atoms with Crippen molar-refractivity contribution in [2.45, 2.75) is 12.8 Å². The first-order chi connectivity index (χ1) is 15.9. The van der Waals surface area contributed by atoms with Crippen molar-refractivity contribution in [2.75, 3.05) is 11.9 Å². The first-order valence-electron chi connectivity index (χ1n) is 10.4. The number of aromatic carboxylic acids is 1. The third-order valence-electron chi connectivity index (χ3n) is 5.46. The van der Waals surface area contributed by atoms with Gasteiger partial charge in [-0.1, -0.05) is 51.8 Å². The average Bonchev–Trinajstić information content (AvgIpc) is 3.24. The molecule has 1 aliphatic rings. The van der Waals surface area contributed by atoms with Gasteiger partial charge in [0.05, 0.1) is 17.8 Å². The summed E-state index contributed by atoms with van der Waals surface area (Å²) in [6.07, 6.45) is 1.50. The largest absolute Gasteiger partial charge is 0.478 e. The van der Waals surface area contributed by atoms with Crippen LogP contribution in [0.3, 0.4) is 0 Å². The molecule has 0 aromatic heterocycles. The van der Waals surface area contributed by atoms with Crippen LogP contribution in [-0.2, 0) is 6.42 Å². The van der Waals surface area contributed by atoms with Gasteiger partial charge in [-0.15, -0.1) is 0 Å². The summed E-state index contributed by atoms with van der Waals surface area (Å²) in [5.41, 5.74) is 3.74. The Morgan fingerprint density at radius 2 is 1.70 bits per heavy atom. The Labute approximate surface area is 205 Å². The third kappa shape index (κ3) is 5.80. The van der Waals surface area contributed by atoms with E-state index in [0.29, 0.717) is 17.3 Å². The number of hydrazone groups is 1. The fourth-order valence-corrected chi connectivity index (χ4v) is 4.08. The van der Waals surface area contributed by atoms with Crippen molar-refractivity contribution >= 4 is 50.9 Å². The van der Waals surface area contributed by atoms with Crippen LogP contribution in [0.15, 0.2) is 82.4 Å².